The van der Waals surface area contributed by atoms with E-state index in [2.05, 4.69) is 20.5 Å². The number of anilines is 1. The van der Waals surface area contributed by atoms with Gasteiger partial charge in [-0.15, -0.1) is 5.10 Å². The highest BCUT2D eigenvalue weighted by molar-refractivity contribution is 6.30. The molecule has 0 aliphatic carbocycles. The van der Waals surface area contributed by atoms with Gasteiger partial charge in [-0.2, -0.15) is 5.10 Å². The summed E-state index contributed by atoms with van der Waals surface area (Å²) in [5.74, 6) is -0.133. The van der Waals surface area contributed by atoms with Gasteiger partial charge < -0.3 is 4.74 Å². The summed E-state index contributed by atoms with van der Waals surface area (Å²) in [5, 5.41) is 11.6. The highest BCUT2D eigenvalue weighted by Gasteiger charge is 2.13. The lowest BCUT2D eigenvalue weighted by Crippen LogP contribution is -2.15. The van der Waals surface area contributed by atoms with Crippen LogP contribution in [0.15, 0.2) is 67.1 Å². The first-order chi connectivity index (χ1) is 14.5. The molecular weight excluding hydrogens is 411 g/mol. The zero-order valence-electron chi connectivity index (χ0n) is 15.6. The summed E-state index contributed by atoms with van der Waals surface area (Å²) < 4.78 is 21.4. The summed E-state index contributed by atoms with van der Waals surface area (Å²) in [6, 6.07) is 14.6. The Morgan fingerprint density at radius 1 is 1.10 bits per heavy atom. The highest BCUT2D eigenvalue weighted by Crippen LogP contribution is 2.13. The molecule has 0 unspecified atom stereocenters. The minimum Gasteiger partial charge on any atom is -0.471 e. The van der Waals surface area contributed by atoms with Crippen LogP contribution < -0.4 is 10.1 Å². The van der Waals surface area contributed by atoms with Crippen LogP contribution in [0.4, 0.5) is 10.3 Å². The van der Waals surface area contributed by atoms with E-state index in [0.29, 0.717) is 17.3 Å². The summed E-state index contributed by atoms with van der Waals surface area (Å²) in [4.78, 5) is 16.5. The Labute approximate surface area is 175 Å². The van der Waals surface area contributed by atoms with Crippen molar-refractivity contribution in [3.63, 3.8) is 0 Å². The summed E-state index contributed by atoms with van der Waals surface area (Å²) in [6.07, 6.45) is 3.12. The molecule has 0 bridgehead atoms. The molecule has 0 aliphatic heterocycles. The first-order valence-electron chi connectivity index (χ1n) is 8.92. The molecule has 0 saturated heterocycles. The van der Waals surface area contributed by atoms with Crippen LogP contribution >= 0.6 is 11.6 Å². The molecule has 1 N–H and O–H groups in total. The molecule has 0 saturated carbocycles. The van der Waals surface area contributed by atoms with Gasteiger partial charge in [-0.3, -0.25) is 10.1 Å². The number of benzene rings is 2. The number of amides is 1. The third-order valence-corrected chi connectivity index (χ3v) is 4.28. The number of rotatable bonds is 7. The summed E-state index contributed by atoms with van der Waals surface area (Å²) in [5.41, 5.74) is 1.15. The van der Waals surface area contributed by atoms with Crippen molar-refractivity contribution in [3.8, 4) is 5.75 Å². The molecule has 152 valence electrons. The number of ether oxygens (including phenoxy) is 1. The number of hydrogen-bond acceptors (Lipinski definition) is 5. The fourth-order valence-electron chi connectivity index (χ4n) is 2.64. The van der Waals surface area contributed by atoms with Crippen molar-refractivity contribution in [2.45, 2.75) is 13.3 Å². The average molecular weight is 427 g/mol. The average Bonchev–Trinajstić information content (AvgIpc) is 3.37. The van der Waals surface area contributed by atoms with Gasteiger partial charge in [0.15, 0.2) is 12.4 Å². The maximum absolute atomic E-state index is 12.9. The second kappa shape index (κ2) is 8.75. The smallest absolute Gasteiger partial charge is 0.278 e. The number of aromatic nitrogens is 5. The highest BCUT2D eigenvalue weighted by atomic mass is 35.5. The summed E-state index contributed by atoms with van der Waals surface area (Å²) in [6.45, 7) is 0.546. The van der Waals surface area contributed by atoms with E-state index in [4.69, 9.17) is 16.3 Å². The van der Waals surface area contributed by atoms with E-state index in [0.717, 1.165) is 5.56 Å². The zero-order chi connectivity index (χ0) is 20.9. The van der Waals surface area contributed by atoms with Gasteiger partial charge in [-0.1, -0.05) is 23.7 Å². The van der Waals surface area contributed by atoms with E-state index in [-0.39, 0.29) is 24.2 Å². The molecule has 1 amide bonds. The predicted molar refractivity (Wildman–Crippen MR) is 108 cm³/mol. The normalized spacial score (nSPS) is 10.7. The number of carbonyl (C=O) groups is 1. The van der Waals surface area contributed by atoms with E-state index < -0.39 is 5.91 Å². The van der Waals surface area contributed by atoms with Crippen molar-refractivity contribution < 1.29 is 13.9 Å². The van der Waals surface area contributed by atoms with E-state index in [9.17, 15) is 9.18 Å². The minimum atomic E-state index is -0.448. The molecule has 4 rings (SSSR count). The van der Waals surface area contributed by atoms with Crippen LogP contribution in [0.5, 0.6) is 5.75 Å². The second-order valence-corrected chi connectivity index (χ2v) is 6.75. The standard InChI is InChI=1S/C20H16ClFN6O2/c21-15-3-1-2-14(10-15)11-28-12-23-20(26-28)24-19(29)18-8-9-27(25-18)13-30-17-6-4-16(22)5-7-17/h1-10,12H,11,13H2,(H,24,26,29). The molecule has 2 aromatic carbocycles. The van der Waals surface area contributed by atoms with Gasteiger partial charge in [-0.05, 0) is 48.0 Å². The van der Waals surface area contributed by atoms with Crippen LogP contribution in [0.2, 0.25) is 5.02 Å². The van der Waals surface area contributed by atoms with Crippen LogP contribution in [0.3, 0.4) is 0 Å². The first-order valence-corrected chi connectivity index (χ1v) is 9.30. The minimum absolute atomic E-state index is 0.0748. The van der Waals surface area contributed by atoms with E-state index in [1.165, 1.54) is 35.3 Å². The van der Waals surface area contributed by atoms with Gasteiger partial charge in [-0.25, -0.2) is 18.7 Å². The molecule has 0 radical (unpaired) electrons. The van der Waals surface area contributed by atoms with Crippen LogP contribution in [0.1, 0.15) is 16.1 Å². The zero-order valence-corrected chi connectivity index (χ0v) is 16.3. The third kappa shape index (κ3) is 5.00. The fraction of sp³-hybridized carbons (Fsp3) is 0.100. The van der Waals surface area contributed by atoms with Crippen molar-refractivity contribution in [2.75, 3.05) is 5.32 Å². The first kappa shape index (κ1) is 19.6. The number of hydrogen-bond donors (Lipinski definition) is 1. The Kier molecular flexibility index (Phi) is 5.71. The topological polar surface area (TPSA) is 86.9 Å². The van der Waals surface area contributed by atoms with Crippen molar-refractivity contribution in [3.05, 3.63) is 89.2 Å². The van der Waals surface area contributed by atoms with E-state index in [1.807, 2.05) is 18.2 Å². The van der Waals surface area contributed by atoms with Crippen LogP contribution in [0, 0.1) is 5.82 Å². The fourth-order valence-corrected chi connectivity index (χ4v) is 2.86. The monoisotopic (exact) mass is 426 g/mol. The maximum Gasteiger partial charge on any atom is 0.278 e. The van der Waals surface area contributed by atoms with Crippen molar-refractivity contribution in [1.82, 2.24) is 24.5 Å². The molecule has 0 spiro atoms. The van der Waals surface area contributed by atoms with Gasteiger partial charge in [0.1, 0.15) is 17.9 Å². The van der Waals surface area contributed by atoms with E-state index >= 15 is 0 Å². The van der Waals surface area contributed by atoms with Gasteiger partial charge in [0.25, 0.3) is 5.91 Å². The lowest BCUT2D eigenvalue weighted by atomic mass is 10.2. The molecule has 2 heterocycles. The summed E-state index contributed by atoms with van der Waals surface area (Å²) >= 11 is 5.98. The van der Waals surface area contributed by atoms with Crippen LogP contribution in [-0.2, 0) is 13.3 Å². The number of halogens is 2. The van der Waals surface area contributed by atoms with Crippen molar-refractivity contribution in [2.24, 2.45) is 0 Å². The second-order valence-electron chi connectivity index (χ2n) is 6.32. The largest absolute Gasteiger partial charge is 0.471 e. The number of nitrogens with one attached hydrogen (secondary N) is 1. The SMILES string of the molecule is O=C(Nc1ncn(Cc2cccc(Cl)c2)n1)c1ccn(COc2ccc(F)cc2)n1. The molecular formula is C20H16ClFN6O2. The Bertz CT molecular complexity index is 1160. The van der Waals surface area contributed by atoms with Gasteiger partial charge in [0.2, 0.25) is 5.95 Å². The third-order valence-electron chi connectivity index (χ3n) is 4.05. The molecule has 10 heteroatoms. The summed E-state index contributed by atoms with van der Waals surface area (Å²) in [7, 11) is 0. The van der Waals surface area contributed by atoms with Crippen molar-refractivity contribution in [1.29, 1.82) is 0 Å². The molecule has 2 aromatic heterocycles. The van der Waals surface area contributed by atoms with Gasteiger partial charge in [0.05, 0.1) is 6.54 Å². The molecule has 0 fully saturated rings. The van der Waals surface area contributed by atoms with Crippen LogP contribution in [-0.4, -0.2) is 30.5 Å². The maximum atomic E-state index is 12.9. The predicted octanol–water partition coefficient (Wildman–Crippen LogP) is 3.60. The lowest BCUT2D eigenvalue weighted by Gasteiger charge is -2.05. The molecule has 8 nitrogen and oxygen atoms in total. The molecule has 30 heavy (non-hydrogen) atoms. The Morgan fingerprint density at radius 2 is 1.93 bits per heavy atom. The number of nitrogens with zero attached hydrogens (tertiary/aromatic N) is 5. The Balaban J connectivity index is 1.33. The van der Waals surface area contributed by atoms with E-state index in [1.54, 1.807) is 23.0 Å². The number of carbonyl (C=O) groups excluding carboxylic acids is 1. The van der Waals surface area contributed by atoms with Gasteiger partial charge in [0, 0.05) is 11.2 Å². The Hall–Kier alpha value is -3.72. The quantitative estimate of drug-likeness (QED) is 0.488. The molecule has 4 aromatic rings. The van der Waals surface area contributed by atoms with Crippen LogP contribution in [0.25, 0.3) is 0 Å². The molecule has 0 aliphatic rings. The van der Waals surface area contributed by atoms with Crippen molar-refractivity contribution >= 4 is 23.5 Å². The van der Waals surface area contributed by atoms with Gasteiger partial charge >= 0.3 is 0 Å². The Morgan fingerprint density at radius 3 is 2.73 bits per heavy atom. The molecule has 0 atom stereocenters. The lowest BCUT2D eigenvalue weighted by molar-refractivity contribution is 0.101.